The van der Waals surface area contributed by atoms with Gasteiger partial charge in [0.2, 0.25) is 11.8 Å². The smallest absolute Gasteiger partial charge is 0.237 e. The molecular weight excluding hydrogens is 250 g/mol. The fraction of sp³-hybridized carbons (Fsp3) is 0.529. The van der Waals surface area contributed by atoms with E-state index >= 15 is 0 Å². The maximum absolute atomic E-state index is 12.7. The van der Waals surface area contributed by atoms with Gasteiger partial charge in [-0.3, -0.25) is 9.59 Å². The van der Waals surface area contributed by atoms with Gasteiger partial charge in [-0.15, -0.1) is 0 Å². The molecule has 2 fully saturated rings. The summed E-state index contributed by atoms with van der Waals surface area (Å²) in [7, 11) is 0. The Balaban J connectivity index is 2.00. The third kappa shape index (κ3) is 1.96. The number of hydrogen-bond acceptors (Lipinski definition) is 2. The Kier molecular flexibility index (Phi) is 3.15. The van der Waals surface area contributed by atoms with Crippen LogP contribution >= 0.6 is 0 Å². The Hall–Kier alpha value is -1.64. The monoisotopic (exact) mass is 271 g/mol. The third-order valence-corrected chi connectivity index (χ3v) is 4.79. The fourth-order valence-corrected chi connectivity index (χ4v) is 3.59. The SMILES string of the molecule is Cc1ccc(C)c(N2C(=O)[C@H]3C[C@@H](C)CC[C@H]3C2=O)c1. The first kappa shape index (κ1) is 13.3. The molecule has 0 radical (unpaired) electrons. The molecule has 3 nitrogen and oxygen atoms in total. The number of aryl methyl sites for hydroxylation is 2. The molecule has 0 unspecified atom stereocenters. The predicted molar refractivity (Wildman–Crippen MR) is 78.4 cm³/mol. The Morgan fingerprint density at radius 1 is 1.05 bits per heavy atom. The standard InChI is InChI=1S/C17H21NO2/c1-10-5-7-13-14(8-10)17(20)18(16(13)19)15-9-11(2)4-6-12(15)3/h4,6,9-10,13-14H,5,7-8H2,1-3H3/t10-,13+,14-/m0/s1. The van der Waals surface area contributed by atoms with Crippen LogP contribution in [0.2, 0.25) is 0 Å². The molecule has 106 valence electrons. The second-order valence-corrected chi connectivity index (χ2v) is 6.43. The predicted octanol–water partition coefficient (Wildman–Crippen LogP) is 3.23. The molecule has 1 aliphatic carbocycles. The number of hydrogen-bond donors (Lipinski definition) is 0. The van der Waals surface area contributed by atoms with Crippen LogP contribution in [0, 0.1) is 31.6 Å². The summed E-state index contributed by atoms with van der Waals surface area (Å²) in [5.74, 6) is 0.400. The van der Waals surface area contributed by atoms with Crippen LogP contribution in [-0.4, -0.2) is 11.8 Å². The molecule has 1 aliphatic heterocycles. The number of carbonyl (C=O) groups excluding carboxylic acids is 2. The quantitative estimate of drug-likeness (QED) is 0.735. The second kappa shape index (κ2) is 4.72. The molecule has 2 amide bonds. The normalized spacial score (nSPS) is 29.8. The fourth-order valence-electron chi connectivity index (χ4n) is 3.59. The Labute approximate surface area is 120 Å². The minimum Gasteiger partial charge on any atom is -0.274 e. The minimum absolute atomic E-state index is 0.0141. The Morgan fingerprint density at radius 3 is 2.50 bits per heavy atom. The number of anilines is 1. The van der Waals surface area contributed by atoms with E-state index in [2.05, 4.69) is 6.92 Å². The first-order valence-electron chi connectivity index (χ1n) is 7.44. The number of imide groups is 1. The highest BCUT2D eigenvalue weighted by Gasteiger charge is 2.50. The van der Waals surface area contributed by atoms with Crippen molar-refractivity contribution in [2.24, 2.45) is 17.8 Å². The van der Waals surface area contributed by atoms with Crippen LogP contribution < -0.4 is 4.90 Å². The zero-order chi connectivity index (χ0) is 14.4. The van der Waals surface area contributed by atoms with E-state index in [1.807, 2.05) is 32.0 Å². The summed E-state index contributed by atoms with van der Waals surface area (Å²) in [5, 5.41) is 0. The summed E-state index contributed by atoms with van der Waals surface area (Å²) < 4.78 is 0. The molecule has 1 saturated heterocycles. The van der Waals surface area contributed by atoms with Crippen LogP contribution in [0.15, 0.2) is 18.2 Å². The van der Waals surface area contributed by atoms with Crippen LogP contribution in [0.3, 0.4) is 0 Å². The summed E-state index contributed by atoms with van der Waals surface area (Å²) in [6, 6.07) is 5.95. The largest absolute Gasteiger partial charge is 0.274 e. The van der Waals surface area contributed by atoms with Crippen molar-refractivity contribution >= 4 is 17.5 Å². The van der Waals surface area contributed by atoms with Crippen LogP contribution in [0.5, 0.6) is 0 Å². The van der Waals surface area contributed by atoms with E-state index < -0.39 is 0 Å². The molecule has 1 aromatic carbocycles. The lowest BCUT2D eigenvalue weighted by atomic mass is 9.76. The van der Waals surface area contributed by atoms with Crippen molar-refractivity contribution < 1.29 is 9.59 Å². The second-order valence-electron chi connectivity index (χ2n) is 6.43. The summed E-state index contributed by atoms with van der Waals surface area (Å²) in [5.41, 5.74) is 2.85. The number of rotatable bonds is 1. The zero-order valence-electron chi connectivity index (χ0n) is 12.3. The molecule has 1 aromatic rings. The lowest BCUT2D eigenvalue weighted by Crippen LogP contribution is -2.31. The molecule has 0 bridgehead atoms. The van der Waals surface area contributed by atoms with Gasteiger partial charge in [0, 0.05) is 0 Å². The lowest BCUT2D eigenvalue weighted by molar-refractivity contribution is -0.122. The van der Waals surface area contributed by atoms with Gasteiger partial charge in [-0.05, 0) is 56.2 Å². The molecule has 0 N–H and O–H groups in total. The van der Waals surface area contributed by atoms with Gasteiger partial charge in [-0.25, -0.2) is 4.90 Å². The van der Waals surface area contributed by atoms with E-state index in [4.69, 9.17) is 0 Å². The average molecular weight is 271 g/mol. The van der Waals surface area contributed by atoms with E-state index in [0.717, 1.165) is 36.1 Å². The van der Waals surface area contributed by atoms with Gasteiger partial charge < -0.3 is 0 Å². The molecule has 1 saturated carbocycles. The first-order chi connectivity index (χ1) is 9.49. The Bertz CT molecular complexity index is 578. The summed E-state index contributed by atoms with van der Waals surface area (Å²) in [4.78, 5) is 26.7. The van der Waals surface area contributed by atoms with Crippen molar-refractivity contribution in [1.29, 1.82) is 0 Å². The number of nitrogens with zero attached hydrogens (tertiary/aromatic N) is 1. The lowest BCUT2D eigenvalue weighted by Gasteiger charge is -2.25. The highest BCUT2D eigenvalue weighted by molar-refractivity contribution is 6.22. The number of amides is 2. The molecule has 3 rings (SSSR count). The van der Waals surface area contributed by atoms with Crippen molar-refractivity contribution in [1.82, 2.24) is 0 Å². The number of carbonyl (C=O) groups is 2. The first-order valence-corrected chi connectivity index (χ1v) is 7.44. The maximum Gasteiger partial charge on any atom is 0.237 e. The molecule has 3 heteroatoms. The van der Waals surface area contributed by atoms with Crippen molar-refractivity contribution in [2.75, 3.05) is 4.90 Å². The molecule has 1 heterocycles. The molecule has 0 aromatic heterocycles. The summed E-state index contributed by atoms with van der Waals surface area (Å²) in [6.45, 7) is 6.12. The third-order valence-electron chi connectivity index (χ3n) is 4.79. The summed E-state index contributed by atoms with van der Waals surface area (Å²) in [6.07, 6.45) is 2.77. The van der Waals surface area contributed by atoms with E-state index in [-0.39, 0.29) is 23.7 Å². The van der Waals surface area contributed by atoms with Crippen LogP contribution in [0.25, 0.3) is 0 Å². The summed E-state index contributed by atoms with van der Waals surface area (Å²) >= 11 is 0. The Morgan fingerprint density at radius 2 is 1.75 bits per heavy atom. The van der Waals surface area contributed by atoms with Gasteiger partial charge in [0.1, 0.15) is 0 Å². The van der Waals surface area contributed by atoms with Crippen molar-refractivity contribution in [3.8, 4) is 0 Å². The van der Waals surface area contributed by atoms with Gasteiger partial charge >= 0.3 is 0 Å². The van der Waals surface area contributed by atoms with E-state index in [0.29, 0.717) is 5.92 Å². The van der Waals surface area contributed by atoms with E-state index in [1.54, 1.807) is 0 Å². The molecule has 20 heavy (non-hydrogen) atoms. The van der Waals surface area contributed by atoms with Gasteiger partial charge in [0.25, 0.3) is 0 Å². The van der Waals surface area contributed by atoms with Crippen LogP contribution in [0.1, 0.15) is 37.3 Å². The van der Waals surface area contributed by atoms with Gasteiger partial charge in [-0.2, -0.15) is 0 Å². The minimum atomic E-state index is -0.0915. The molecular formula is C17H21NO2. The zero-order valence-corrected chi connectivity index (χ0v) is 12.3. The number of fused-ring (bicyclic) bond motifs is 1. The van der Waals surface area contributed by atoms with Crippen LogP contribution in [0.4, 0.5) is 5.69 Å². The highest BCUT2D eigenvalue weighted by Crippen LogP contribution is 2.42. The molecule has 2 aliphatic rings. The maximum atomic E-state index is 12.7. The topological polar surface area (TPSA) is 37.4 Å². The molecule has 3 atom stereocenters. The van der Waals surface area contributed by atoms with Crippen LogP contribution in [-0.2, 0) is 9.59 Å². The van der Waals surface area contributed by atoms with Gasteiger partial charge in [0.05, 0.1) is 17.5 Å². The van der Waals surface area contributed by atoms with Gasteiger partial charge in [-0.1, -0.05) is 19.1 Å². The van der Waals surface area contributed by atoms with Crippen molar-refractivity contribution in [3.63, 3.8) is 0 Å². The van der Waals surface area contributed by atoms with Crippen molar-refractivity contribution in [3.05, 3.63) is 29.3 Å². The average Bonchev–Trinajstić information content (AvgIpc) is 2.65. The van der Waals surface area contributed by atoms with Crippen molar-refractivity contribution in [2.45, 2.75) is 40.0 Å². The van der Waals surface area contributed by atoms with E-state index in [9.17, 15) is 9.59 Å². The van der Waals surface area contributed by atoms with E-state index in [1.165, 1.54) is 4.90 Å². The highest BCUT2D eigenvalue weighted by atomic mass is 16.2. The number of benzene rings is 1. The van der Waals surface area contributed by atoms with Gasteiger partial charge in [0.15, 0.2) is 0 Å². The molecule has 0 spiro atoms.